The lowest BCUT2D eigenvalue weighted by Gasteiger charge is -2.53. The topological polar surface area (TPSA) is 63.2 Å². The zero-order valence-corrected chi connectivity index (χ0v) is 22.3. The van der Waals surface area contributed by atoms with E-state index in [1.165, 1.54) is 7.11 Å². The van der Waals surface area contributed by atoms with Crippen molar-refractivity contribution in [2.75, 3.05) is 13.7 Å². The van der Waals surface area contributed by atoms with Crippen molar-refractivity contribution >= 4 is 23.1 Å². The van der Waals surface area contributed by atoms with E-state index in [2.05, 4.69) is 55.4 Å². The maximum atomic E-state index is 11.8. The number of fused-ring (bicyclic) bond motifs is 1. The highest BCUT2D eigenvalue weighted by atomic mass is 28.5. The average Bonchev–Trinajstić information content (AvgIpc) is 2.66. The molecule has 0 N–H and O–H groups in total. The lowest BCUT2D eigenvalue weighted by Crippen LogP contribution is -2.66. The zero-order valence-electron chi connectivity index (χ0n) is 20.3. The first kappa shape index (κ1) is 25.6. The van der Waals surface area contributed by atoms with Crippen molar-refractivity contribution in [3.63, 3.8) is 0 Å². The quantitative estimate of drug-likeness (QED) is 0.375. The molecule has 8 heteroatoms. The normalized spacial score (nSPS) is 28.2. The molecule has 0 aliphatic carbocycles. The lowest BCUT2D eigenvalue weighted by atomic mass is 9.92. The number of ether oxygens (including phenoxy) is 2. The molecule has 0 bridgehead atoms. The number of rotatable bonds is 7. The van der Waals surface area contributed by atoms with Crippen LogP contribution in [0.1, 0.15) is 68.2 Å². The number of carbonyl (C=O) groups excluding carboxylic acids is 1. The number of esters is 1. The van der Waals surface area contributed by atoms with E-state index < -0.39 is 17.1 Å². The monoisotopic (exact) mass is 458 g/mol. The van der Waals surface area contributed by atoms with Crippen molar-refractivity contribution < 1.29 is 27.2 Å². The predicted molar refractivity (Wildman–Crippen MR) is 123 cm³/mol. The van der Waals surface area contributed by atoms with Crippen molar-refractivity contribution in [3.8, 4) is 0 Å². The Balaban J connectivity index is 2.47. The first-order chi connectivity index (χ1) is 14.0. The van der Waals surface area contributed by atoms with Crippen LogP contribution in [0.2, 0.25) is 22.2 Å². The second-order valence-electron chi connectivity index (χ2n) is 9.84. The van der Waals surface area contributed by atoms with Crippen LogP contribution >= 0.6 is 0 Å². The molecule has 1 saturated heterocycles. The van der Waals surface area contributed by atoms with Crippen LogP contribution in [0.25, 0.3) is 0 Å². The molecule has 6 nitrogen and oxygen atoms in total. The van der Waals surface area contributed by atoms with Crippen LogP contribution in [0, 0.1) is 5.92 Å². The molecule has 0 aromatic carbocycles. The van der Waals surface area contributed by atoms with Gasteiger partial charge in [0.05, 0.1) is 26.1 Å². The van der Waals surface area contributed by atoms with Gasteiger partial charge in [-0.15, -0.1) is 0 Å². The Hall–Kier alpha value is -0.676. The van der Waals surface area contributed by atoms with E-state index in [1.54, 1.807) is 6.26 Å². The minimum atomic E-state index is -2.69. The highest BCUT2D eigenvalue weighted by Crippen LogP contribution is 2.47. The van der Waals surface area contributed by atoms with Gasteiger partial charge in [-0.25, -0.2) is 0 Å². The SMILES string of the molecule is COC(=O)CC[C@@H]1C=CO[C@@H]2CO[Si](C(C)C)(C(C)C)O[Si](C(C)C)(C(C)C)O[C@@H]12. The minimum absolute atomic E-state index is 0.0618. The summed E-state index contributed by atoms with van der Waals surface area (Å²) in [5.41, 5.74) is 1.13. The molecule has 0 saturated carbocycles. The second-order valence-corrected chi connectivity index (χ2v) is 18.7. The van der Waals surface area contributed by atoms with Gasteiger partial charge < -0.3 is 22.4 Å². The molecule has 0 radical (unpaired) electrons. The third-order valence-corrected chi connectivity index (χ3v) is 16.9. The van der Waals surface area contributed by atoms with Crippen LogP contribution < -0.4 is 0 Å². The molecule has 3 atom stereocenters. The van der Waals surface area contributed by atoms with Crippen molar-refractivity contribution in [1.29, 1.82) is 0 Å². The number of methoxy groups -OCH3 is 1. The Morgan fingerprint density at radius 3 is 2.07 bits per heavy atom. The summed E-state index contributed by atoms with van der Waals surface area (Å²) in [6.45, 7) is 18.2. The van der Waals surface area contributed by atoms with E-state index in [-0.39, 0.29) is 35.2 Å². The lowest BCUT2D eigenvalue weighted by molar-refractivity contribution is -0.141. The molecule has 174 valence electrons. The van der Waals surface area contributed by atoms with Crippen LogP contribution in [0.3, 0.4) is 0 Å². The van der Waals surface area contributed by atoms with Gasteiger partial charge in [-0.1, -0.05) is 55.4 Å². The van der Waals surface area contributed by atoms with Gasteiger partial charge in [-0.05, 0) is 34.7 Å². The van der Waals surface area contributed by atoms with Crippen LogP contribution in [0.15, 0.2) is 12.3 Å². The Bertz CT molecular complexity index is 588. The first-order valence-electron chi connectivity index (χ1n) is 11.4. The Kier molecular flexibility index (Phi) is 8.78. The van der Waals surface area contributed by atoms with Crippen molar-refractivity contribution in [1.82, 2.24) is 0 Å². The summed E-state index contributed by atoms with van der Waals surface area (Å²) in [7, 11) is -3.82. The van der Waals surface area contributed by atoms with Crippen LogP contribution in [0.4, 0.5) is 0 Å². The van der Waals surface area contributed by atoms with Crippen molar-refractivity contribution in [3.05, 3.63) is 12.3 Å². The summed E-state index contributed by atoms with van der Waals surface area (Å²) < 4.78 is 31.9. The van der Waals surface area contributed by atoms with E-state index in [9.17, 15) is 4.79 Å². The van der Waals surface area contributed by atoms with Gasteiger partial charge >= 0.3 is 23.1 Å². The molecule has 30 heavy (non-hydrogen) atoms. The zero-order chi connectivity index (χ0) is 22.7. The van der Waals surface area contributed by atoms with Gasteiger partial charge in [0, 0.05) is 12.3 Å². The van der Waals surface area contributed by atoms with Gasteiger partial charge in [-0.2, -0.15) is 0 Å². The smallest absolute Gasteiger partial charge is 0.335 e. The molecule has 0 unspecified atom stereocenters. The summed E-state index contributed by atoms with van der Waals surface area (Å²) in [5, 5.41) is 0. The maximum Gasteiger partial charge on any atom is 0.335 e. The highest BCUT2D eigenvalue weighted by molar-refractivity contribution is 6.83. The predicted octanol–water partition coefficient (Wildman–Crippen LogP) is 5.42. The summed E-state index contributed by atoms with van der Waals surface area (Å²) in [5.74, 6) is -0.140. The number of hydrogen-bond donors (Lipinski definition) is 0. The Labute approximate surface area is 185 Å². The molecule has 1 fully saturated rings. The fraction of sp³-hybridized carbons (Fsp3) is 0.864. The largest absolute Gasteiger partial charge is 0.493 e. The third kappa shape index (κ3) is 5.03. The molecule has 2 heterocycles. The molecule has 2 rings (SSSR count). The molecule has 0 aromatic heterocycles. The Morgan fingerprint density at radius 2 is 1.57 bits per heavy atom. The van der Waals surface area contributed by atoms with E-state index in [4.69, 9.17) is 22.4 Å². The summed E-state index contributed by atoms with van der Waals surface area (Å²) in [6.07, 6.45) is 4.39. The van der Waals surface area contributed by atoms with Gasteiger partial charge in [0.2, 0.25) is 0 Å². The maximum absolute atomic E-state index is 11.8. The summed E-state index contributed by atoms with van der Waals surface area (Å²) >= 11 is 0. The standard InChI is InChI=1S/C22H42O6Si2/c1-15(2)29(16(3)4)26-14-20-22(27-30(28-29,17(5)6)18(7)8)19(12-13-25-20)10-11-21(23)24-9/h12-13,15-20,22H,10-11,14H2,1-9H3/t19-,20-,22+/m1/s1. The van der Waals surface area contributed by atoms with Gasteiger partial charge in [-0.3, -0.25) is 4.79 Å². The average molecular weight is 459 g/mol. The minimum Gasteiger partial charge on any atom is -0.493 e. The molecular weight excluding hydrogens is 416 g/mol. The van der Waals surface area contributed by atoms with Crippen molar-refractivity contribution in [2.45, 2.75) is 103 Å². The molecule has 0 aromatic rings. The second kappa shape index (κ2) is 10.3. The third-order valence-electron chi connectivity index (χ3n) is 6.61. The van der Waals surface area contributed by atoms with E-state index in [0.717, 1.165) is 0 Å². The van der Waals surface area contributed by atoms with Gasteiger partial charge in [0.1, 0.15) is 6.10 Å². The van der Waals surface area contributed by atoms with Crippen molar-refractivity contribution in [2.24, 2.45) is 5.92 Å². The van der Waals surface area contributed by atoms with Crippen LogP contribution in [-0.2, 0) is 27.2 Å². The van der Waals surface area contributed by atoms with E-state index >= 15 is 0 Å². The van der Waals surface area contributed by atoms with E-state index in [0.29, 0.717) is 30.5 Å². The molecule has 2 aliphatic heterocycles. The summed E-state index contributed by atoms with van der Waals surface area (Å²) in [6, 6.07) is 0. The summed E-state index contributed by atoms with van der Waals surface area (Å²) in [4.78, 5) is 11.8. The Morgan fingerprint density at radius 1 is 1.00 bits per heavy atom. The molecule has 0 spiro atoms. The number of carbonyl (C=O) groups is 1. The van der Waals surface area contributed by atoms with E-state index in [1.807, 2.05) is 6.08 Å². The highest BCUT2D eigenvalue weighted by Gasteiger charge is 2.59. The van der Waals surface area contributed by atoms with Crippen LogP contribution in [-0.4, -0.2) is 49.0 Å². The van der Waals surface area contributed by atoms with Gasteiger partial charge in [0.25, 0.3) is 0 Å². The molecule has 0 amide bonds. The fourth-order valence-electron chi connectivity index (χ4n) is 4.79. The number of hydrogen-bond acceptors (Lipinski definition) is 6. The fourth-order valence-corrected chi connectivity index (χ4v) is 16.0. The molecule has 2 aliphatic rings. The van der Waals surface area contributed by atoms with Gasteiger partial charge in [0.15, 0.2) is 0 Å². The first-order valence-corrected chi connectivity index (χ1v) is 15.3. The molecular formula is C22H42O6Si2. The van der Waals surface area contributed by atoms with Crippen LogP contribution in [0.5, 0.6) is 0 Å².